The standard InChI is InChI=1S/C11H17N/c1-8(2)11(12)10-7-5-4-6-9(10)3/h6-8,12H,4-5H2,1-3H3. The molecule has 1 heteroatoms. The van der Waals surface area contributed by atoms with Gasteiger partial charge in [-0.05, 0) is 36.8 Å². The van der Waals surface area contributed by atoms with Gasteiger partial charge in [-0.15, -0.1) is 0 Å². The molecule has 0 amide bonds. The lowest BCUT2D eigenvalue weighted by atomic mass is 9.90. The molecule has 1 N–H and O–H groups in total. The molecule has 0 aromatic rings. The normalized spacial score (nSPS) is 17.3. The number of hydrogen-bond acceptors (Lipinski definition) is 1. The summed E-state index contributed by atoms with van der Waals surface area (Å²) in [5.74, 6) is 0.345. The zero-order valence-corrected chi connectivity index (χ0v) is 8.15. The van der Waals surface area contributed by atoms with Crippen molar-refractivity contribution in [3.8, 4) is 0 Å². The highest BCUT2D eigenvalue weighted by Gasteiger charge is 2.12. The molecule has 1 aliphatic rings. The van der Waals surface area contributed by atoms with Crippen LogP contribution in [0.15, 0.2) is 23.3 Å². The van der Waals surface area contributed by atoms with E-state index >= 15 is 0 Å². The third-order valence-corrected chi connectivity index (χ3v) is 2.26. The molecule has 0 unspecified atom stereocenters. The summed E-state index contributed by atoms with van der Waals surface area (Å²) in [6.45, 7) is 6.25. The van der Waals surface area contributed by atoms with E-state index in [2.05, 4.69) is 32.9 Å². The second kappa shape index (κ2) is 3.70. The number of nitrogens with one attached hydrogen (secondary N) is 1. The summed E-state index contributed by atoms with van der Waals surface area (Å²) < 4.78 is 0. The molecule has 0 atom stereocenters. The van der Waals surface area contributed by atoms with E-state index < -0.39 is 0 Å². The average Bonchev–Trinajstić information content (AvgIpc) is 2.04. The minimum absolute atomic E-state index is 0.345. The smallest absolute Gasteiger partial charge is 0.0410 e. The fraction of sp³-hybridized carbons (Fsp3) is 0.545. The van der Waals surface area contributed by atoms with Crippen LogP contribution in [0, 0.1) is 11.3 Å². The molecule has 0 fully saturated rings. The van der Waals surface area contributed by atoms with Gasteiger partial charge in [-0.2, -0.15) is 0 Å². The Labute approximate surface area is 74.7 Å². The molecule has 0 spiro atoms. The van der Waals surface area contributed by atoms with Crippen molar-refractivity contribution in [3.63, 3.8) is 0 Å². The van der Waals surface area contributed by atoms with Crippen molar-refractivity contribution in [3.05, 3.63) is 23.3 Å². The first-order valence-corrected chi connectivity index (χ1v) is 4.59. The number of rotatable bonds is 2. The second-order valence-corrected chi connectivity index (χ2v) is 3.65. The maximum absolute atomic E-state index is 7.86. The van der Waals surface area contributed by atoms with Crippen molar-refractivity contribution in [2.75, 3.05) is 0 Å². The Hall–Kier alpha value is -0.850. The largest absolute Gasteiger partial charge is 0.304 e. The second-order valence-electron chi connectivity index (χ2n) is 3.65. The molecule has 12 heavy (non-hydrogen) atoms. The van der Waals surface area contributed by atoms with Crippen molar-refractivity contribution in [1.29, 1.82) is 5.41 Å². The van der Waals surface area contributed by atoms with E-state index in [-0.39, 0.29) is 0 Å². The maximum atomic E-state index is 7.86. The third-order valence-electron chi connectivity index (χ3n) is 2.26. The van der Waals surface area contributed by atoms with Gasteiger partial charge in [0.25, 0.3) is 0 Å². The minimum Gasteiger partial charge on any atom is -0.304 e. The van der Waals surface area contributed by atoms with E-state index in [4.69, 9.17) is 5.41 Å². The van der Waals surface area contributed by atoms with Crippen LogP contribution in [-0.2, 0) is 0 Å². The Morgan fingerprint density at radius 3 is 2.42 bits per heavy atom. The fourth-order valence-electron chi connectivity index (χ4n) is 1.43. The van der Waals surface area contributed by atoms with E-state index in [9.17, 15) is 0 Å². The Bertz CT molecular complexity index is 244. The SMILES string of the molecule is CC1=CCCC=C1C(=N)C(C)C. The zero-order valence-electron chi connectivity index (χ0n) is 8.15. The molecule has 0 saturated heterocycles. The molecule has 0 radical (unpaired) electrons. The molecular formula is C11H17N. The van der Waals surface area contributed by atoms with E-state index in [1.165, 1.54) is 5.57 Å². The van der Waals surface area contributed by atoms with Crippen LogP contribution in [-0.4, -0.2) is 5.71 Å². The molecule has 0 bridgehead atoms. The van der Waals surface area contributed by atoms with E-state index in [1.54, 1.807) is 0 Å². The lowest BCUT2D eigenvalue weighted by Crippen LogP contribution is -2.11. The van der Waals surface area contributed by atoms with Crippen LogP contribution in [0.3, 0.4) is 0 Å². The van der Waals surface area contributed by atoms with Crippen LogP contribution in [0.1, 0.15) is 33.6 Å². The van der Waals surface area contributed by atoms with Gasteiger partial charge in [0.15, 0.2) is 0 Å². The first-order valence-electron chi connectivity index (χ1n) is 4.59. The van der Waals surface area contributed by atoms with Crippen LogP contribution in [0.4, 0.5) is 0 Å². The molecule has 0 aliphatic heterocycles. The number of allylic oxidation sites excluding steroid dienone is 4. The Kier molecular flexibility index (Phi) is 2.85. The first kappa shape index (κ1) is 9.24. The molecule has 0 heterocycles. The Morgan fingerprint density at radius 1 is 1.33 bits per heavy atom. The highest BCUT2D eigenvalue weighted by molar-refractivity contribution is 6.02. The summed E-state index contributed by atoms with van der Waals surface area (Å²) in [7, 11) is 0. The predicted molar refractivity (Wildman–Crippen MR) is 53.6 cm³/mol. The van der Waals surface area contributed by atoms with Gasteiger partial charge in [0.1, 0.15) is 0 Å². The van der Waals surface area contributed by atoms with Crippen LogP contribution in [0.25, 0.3) is 0 Å². The summed E-state index contributed by atoms with van der Waals surface area (Å²) in [6.07, 6.45) is 6.66. The van der Waals surface area contributed by atoms with E-state index in [1.807, 2.05) is 0 Å². The van der Waals surface area contributed by atoms with Crippen molar-refractivity contribution in [2.24, 2.45) is 5.92 Å². The summed E-state index contributed by atoms with van der Waals surface area (Å²) >= 11 is 0. The van der Waals surface area contributed by atoms with Crippen molar-refractivity contribution < 1.29 is 0 Å². The van der Waals surface area contributed by atoms with Gasteiger partial charge < -0.3 is 5.41 Å². The Balaban J connectivity index is 2.81. The molecular weight excluding hydrogens is 146 g/mol. The van der Waals surface area contributed by atoms with Crippen molar-refractivity contribution in [2.45, 2.75) is 33.6 Å². The van der Waals surface area contributed by atoms with Crippen molar-refractivity contribution in [1.82, 2.24) is 0 Å². The van der Waals surface area contributed by atoms with Crippen LogP contribution < -0.4 is 0 Å². The monoisotopic (exact) mass is 163 g/mol. The van der Waals surface area contributed by atoms with Crippen LogP contribution >= 0.6 is 0 Å². The van der Waals surface area contributed by atoms with Crippen LogP contribution in [0.2, 0.25) is 0 Å². The lowest BCUT2D eigenvalue weighted by Gasteiger charge is -2.16. The van der Waals surface area contributed by atoms with Gasteiger partial charge >= 0.3 is 0 Å². The van der Waals surface area contributed by atoms with Crippen LogP contribution in [0.5, 0.6) is 0 Å². The molecule has 0 aromatic heterocycles. The fourth-order valence-corrected chi connectivity index (χ4v) is 1.43. The van der Waals surface area contributed by atoms with Crippen molar-refractivity contribution >= 4 is 5.71 Å². The molecule has 1 nitrogen and oxygen atoms in total. The molecule has 66 valence electrons. The summed E-state index contributed by atoms with van der Waals surface area (Å²) in [4.78, 5) is 0. The lowest BCUT2D eigenvalue weighted by molar-refractivity contribution is 0.869. The van der Waals surface area contributed by atoms with Gasteiger partial charge in [0.05, 0.1) is 0 Å². The molecule has 1 rings (SSSR count). The molecule has 1 aliphatic carbocycles. The minimum atomic E-state index is 0.345. The highest BCUT2D eigenvalue weighted by atomic mass is 14.4. The molecule has 0 aromatic carbocycles. The van der Waals surface area contributed by atoms with Gasteiger partial charge in [0, 0.05) is 5.71 Å². The maximum Gasteiger partial charge on any atom is 0.0410 e. The average molecular weight is 163 g/mol. The quantitative estimate of drug-likeness (QED) is 0.604. The van der Waals surface area contributed by atoms with Gasteiger partial charge in [-0.1, -0.05) is 26.0 Å². The van der Waals surface area contributed by atoms with E-state index in [0.717, 1.165) is 24.1 Å². The number of hydrogen-bond donors (Lipinski definition) is 1. The first-order chi connectivity index (χ1) is 5.63. The summed E-state index contributed by atoms with van der Waals surface area (Å²) in [6, 6.07) is 0. The Morgan fingerprint density at radius 2 is 1.92 bits per heavy atom. The van der Waals surface area contributed by atoms with Gasteiger partial charge in [-0.25, -0.2) is 0 Å². The summed E-state index contributed by atoms with van der Waals surface area (Å²) in [5, 5.41) is 7.86. The van der Waals surface area contributed by atoms with Gasteiger partial charge in [0.2, 0.25) is 0 Å². The molecule has 0 saturated carbocycles. The van der Waals surface area contributed by atoms with Gasteiger partial charge in [-0.3, -0.25) is 0 Å². The highest BCUT2D eigenvalue weighted by Crippen LogP contribution is 2.21. The van der Waals surface area contributed by atoms with E-state index in [0.29, 0.717) is 5.92 Å². The summed E-state index contributed by atoms with van der Waals surface area (Å²) in [5.41, 5.74) is 3.22. The zero-order chi connectivity index (χ0) is 9.14. The topological polar surface area (TPSA) is 23.9 Å². The predicted octanol–water partition coefficient (Wildman–Crippen LogP) is 3.33. The third kappa shape index (κ3) is 1.84.